The summed E-state index contributed by atoms with van der Waals surface area (Å²) in [4.78, 5) is 39.8. The number of carbonyl (C=O) groups excluding carboxylic acids is 3. The Balaban J connectivity index is 1.40. The zero-order chi connectivity index (χ0) is 23.9. The second-order valence-electron chi connectivity index (χ2n) is 7.65. The SMILES string of the molecule is COc1ccc(/C=C2\SC(=O)N(CCNC(=O)C(c3ccccc3)c3ccccc3)C2=O)cc1. The summed E-state index contributed by atoms with van der Waals surface area (Å²) in [5.74, 6) is -0.307. The Labute approximate surface area is 202 Å². The second kappa shape index (κ2) is 10.9. The minimum atomic E-state index is -0.479. The summed E-state index contributed by atoms with van der Waals surface area (Å²) in [6, 6.07) is 26.3. The van der Waals surface area contributed by atoms with E-state index >= 15 is 0 Å². The maximum Gasteiger partial charge on any atom is 0.293 e. The predicted octanol–water partition coefficient (Wildman–Crippen LogP) is 4.68. The zero-order valence-electron chi connectivity index (χ0n) is 18.6. The molecule has 3 aromatic rings. The van der Waals surface area contributed by atoms with E-state index in [9.17, 15) is 14.4 Å². The van der Waals surface area contributed by atoms with Gasteiger partial charge in [0, 0.05) is 13.1 Å². The maximum absolute atomic E-state index is 13.1. The van der Waals surface area contributed by atoms with E-state index in [0.717, 1.165) is 28.5 Å². The van der Waals surface area contributed by atoms with Crippen LogP contribution in [-0.4, -0.2) is 42.2 Å². The van der Waals surface area contributed by atoms with Gasteiger partial charge in [0.2, 0.25) is 5.91 Å². The monoisotopic (exact) mass is 472 g/mol. The zero-order valence-corrected chi connectivity index (χ0v) is 19.5. The molecule has 1 aliphatic rings. The molecule has 0 saturated carbocycles. The van der Waals surface area contributed by atoms with Crippen LogP contribution in [-0.2, 0) is 9.59 Å². The normalized spacial score (nSPS) is 14.6. The van der Waals surface area contributed by atoms with E-state index in [1.807, 2.05) is 72.8 Å². The van der Waals surface area contributed by atoms with Gasteiger partial charge in [-0.2, -0.15) is 0 Å². The third-order valence-electron chi connectivity index (χ3n) is 5.45. The minimum Gasteiger partial charge on any atom is -0.497 e. The molecule has 34 heavy (non-hydrogen) atoms. The smallest absolute Gasteiger partial charge is 0.293 e. The van der Waals surface area contributed by atoms with Crippen LogP contribution in [0.5, 0.6) is 5.75 Å². The molecule has 1 saturated heterocycles. The van der Waals surface area contributed by atoms with Gasteiger partial charge in [-0.3, -0.25) is 19.3 Å². The van der Waals surface area contributed by atoms with E-state index in [4.69, 9.17) is 4.74 Å². The van der Waals surface area contributed by atoms with Crippen LogP contribution >= 0.6 is 11.8 Å². The number of carbonyl (C=O) groups is 3. The highest BCUT2D eigenvalue weighted by Crippen LogP contribution is 2.32. The fourth-order valence-electron chi connectivity index (χ4n) is 3.72. The summed E-state index contributed by atoms with van der Waals surface area (Å²) in [5, 5.41) is 2.55. The molecule has 1 aliphatic heterocycles. The quantitative estimate of drug-likeness (QED) is 0.482. The fourth-order valence-corrected chi connectivity index (χ4v) is 4.59. The van der Waals surface area contributed by atoms with E-state index in [-0.39, 0.29) is 30.1 Å². The highest BCUT2D eigenvalue weighted by Gasteiger charge is 2.35. The van der Waals surface area contributed by atoms with Gasteiger partial charge < -0.3 is 10.1 Å². The lowest BCUT2D eigenvalue weighted by molar-refractivity contribution is -0.124. The number of nitrogens with zero attached hydrogens (tertiary/aromatic N) is 1. The van der Waals surface area contributed by atoms with Gasteiger partial charge in [0.25, 0.3) is 11.1 Å². The van der Waals surface area contributed by atoms with Crippen LogP contribution in [0.4, 0.5) is 4.79 Å². The Bertz CT molecular complexity index is 1150. The summed E-state index contributed by atoms with van der Waals surface area (Å²) in [6.45, 7) is 0.273. The van der Waals surface area contributed by atoms with E-state index < -0.39 is 5.92 Å². The van der Waals surface area contributed by atoms with Crippen molar-refractivity contribution in [1.82, 2.24) is 10.2 Å². The Morgan fingerprint density at radius 2 is 1.53 bits per heavy atom. The number of imide groups is 1. The Hall–Kier alpha value is -3.84. The molecule has 4 rings (SSSR count). The Morgan fingerprint density at radius 3 is 2.09 bits per heavy atom. The Morgan fingerprint density at radius 1 is 0.941 bits per heavy atom. The first-order valence-corrected chi connectivity index (χ1v) is 11.7. The fraction of sp³-hybridized carbons (Fsp3) is 0.148. The van der Waals surface area contributed by atoms with Crippen molar-refractivity contribution >= 4 is 34.9 Å². The van der Waals surface area contributed by atoms with Crippen molar-refractivity contribution in [2.45, 2.75) is 5.92 Å². The predicted molar refractivity (Wildman–Crippen MR) is 133 cm³/mol. The number of hydrogen-bond donors (Lipinski definition) is 1. The molecule has 0 aromatic heterocycles. The molecule has 1 fully saturated rings. The Kier molecular flexibility index (Phi) is 7.44. The van der Waals surface area contributed by atoms with E-state index in [0.29, 0.717) is 10.7 Å². The average molecular weight is 473 g/mol. The molecule has 3 aromatic carbocycles. The van der Waals surface area contributed by atoms with Crippen LogP contribution in [0.25, 0.3) is 6.08 Å². The van der Waals surface area contributed by atoms with Crippen molar-refractivity contribution in [3.8, 4) is 5.75 Å². The van der Waals surface area contributed by atoms with Crippen LogP contribution in [0.3, 0.4) is 0 Å². The van der Waals surface area contributed by atoms with E-state index in [1.165, 1.54) is 4.90 Å². The topological polar surface area (TPSA) is 75.7 Å². The van der Waals surface area contributed by atoms with Crippen LogP contribution in [0, 0.1) is 0 Å². The molecule has 0 spiro atoms. The largest absolute Gasteiger partial charge is 0.497 e. The molecular weight excluding hydrogens is 448 g/mol. The van der Waals surface area contributed by atoms with Crippen molar-refractivity contribution in [2.75, 3.05) is 20.2 Å². The summed E-state index contributed by atoms with van der Waals surface area (Å²) in [6.07, 6.45) is 1.68. The molecule has 0 aliphatic carbocycles. The molecular formula is C27H24N2O4S. The van der Waals surface area contributed by atoms with Gasteiger partial charge in [0.05, 0.1) is 17.9 Å². The van der Waals surface area contributed by atoms with Crippen molar-refractivity contribution in [3.63, 3.8) is 0 Å². The van der Waals surface area contributed by atoms with Gasteiger partial charge in [-0.25, -0.2) is 0 Å². The van der Waals surface area contributed by atoms with Crippen LogP contribution in [0.15, 0.2) is 89.8 Å². The maximum atomic E-state index is 13.1. The molecule has 1 N–H and O–H groups in total. The summed E-state index contributed by atoms with van der Waals surface area (Å²) in [7, 11) is 1.58. The van der Waals surface area contributed by atoms with E-state index in [2.05, 4.69) is 5.32 Å². The molecule has 0 unspecified atom stereocenters. The average Bonchev–Trinajstić information content (AvgIpc) is 3.13. The number of ether oxygens (including phenoxy) is 1. The van der Waals surface area contributed by atoms with Gasteiger partial charge in [-0.15, -0.1) is 0 Å². The van der Waals surface area contributed by atoms with Gasteiger partial charge in [-0.05, 0) is 46.7 Å². The highest BCUT2D eigenvalue weighted by molar-refractivity contribution is 8.18. The van der Waals surface area contributed by atoms with Crippen molar-refractivity contribution < 1.29 is 19.1 Å². The number of amides is 3. The van der Waals surface area contributed by atoms with Gasteiger partial charge in [0.15, 0.2) is 0 Å². The standard InChI is InChI=1S/C27H24N2O4S/c1-33-22-14-12-19(13-15-22)18-23-26(31)29(27(32)34-23)17-16-28-25(30)24(20-8-4-2-5-9-20)21-10-6-3-7-11-21/h2-15,18,24H,16-17H2,1H3,(H,28,30)/b23-18-. The molecule has 6 nitrogen and oxygen atoms in total. The lowest BCUT2D eigenvalue weighted by Gasteiger charge is -2.19. The van der Waals surface area contributed by atoms with Gasteiger partial charge in [-0.1, -0.05) is 72.8 Å². The van der Waals surface area contributed by atoms with Crippen molar-refractivity contribution in [2.24, 2.45) is 0 Å². The van der Waals surface area contributed by atoms with Gasteiger partial charge in [0.1, 0.15) is 5.75 Å². The molecule has 0 bridgehead atoms. The molecule has 1 heterocycles. The first kappa shape index (κ1) is 23.3. The third-order valence-corrected chi connectivity index (χ3v) is 6.36. The lowest BCUT2D eigenvalue weighted by Crippen LogP contribution is -2.39. The van der Waals surface area contributed by atoms with E-state index in [1.54, 1.807) is 25.3 Å². The number of benzene rings is 3. The molecule has 0 radical (unpaired) electrons. The van der Waals surface area contributed by atoms with Gasteiger partial charge >= 0.3 is 0 Å². The van der Waals surface area contributed by atoms with Crippen LogP contribution in [0.2, 0.25) is 0 Å². The van der Waals surface area contributed by atoms with Crippen LogP contribution < -0.4 is 10.1 Å². The minimum absolute atomic E-state index is 0.104. The first-order chi connectivity index (χ1) is 16.6. The van der Waals surface area contributed by atoms with Crippen molar-refractivity contribution in [3.05, 3.63) is 107 Å². The third kappa shape index (κ3) is 5.38. The summed E-state index contributed by atoms with van der Waals surface area (Å²) in [5.41, 5.74) is 2.55. The number of thioether (sulfide) groups is 1. The number of hydrogen-bond acceptors (Lipinski definition) is 5. The second-order valence-corrected chi connectivity index (χ2v) is 8.65. The number of rotatable bonds is 8. The molecule has 0 atom stereocenters. The molecule has 3 amide bonds. The summed E-state index contributed by atoms with van der Waals surface area (Å²) >= 11 is 0.900. The lowest BCUT2D eigenvalue weighted by atomic mass is 9.90. The molecule has 7 heteroatoms. The highest BCUT2D eigenvalue weighted by atomic mass is 32.2. The molecule has 172 valence electrons. The summed E-state index contributed by atoms with van der Waals surface area (Å²) < 4.78 is 5.14. The number of nitrogens with one attached hydrogen (secondary N) is 1. The van der Waals surface area contributed by atoms with Crippen LogP contribution in [0.1, 0.15) is 22.6 Å². The van der Waals surface area contributed by atoms with Crippen molar-refractivity contribution in [1.29, 1.82) is 0 Å². The first-order valence-electron chi connectivity index (χ1n) is 10.8. The number of methoxy groups -OCH3 is 1.